The predicted molar refractivity (Wildman–Crippen MR) is 84.6 cm³/mol. The van der Waals surface area contributed by atoms with E-state index in [9.17, 15) is 19.5 Å². The van der Waals surface area contributed by atoms with Gasteiger partial charge in [0.2, 0.25) is 5.91 Å². The largest absolute Gasteiger partial charge is 0.477 e. The molecule has 0 aromatic rings. The van der Waals surface area contributed by atoms with Gasteiger partial charge < -0.3 is 20.9 Å². The second kappa shape index (κ2) is 7.69. The summed E-state index contributed by atoms with van der Waals surface area (Å²) in [4.78, 5) is 35.7. The second-order valence-corrected chi connectivity index (χ2v) is 6.52. The van der Waals surface area contributed by atoms with Crippen LogP contribution in [0.2, 0.25) is 0 Å². The first-order chi connectivity index (χ1) is 11.0. The topological polar surface area (TPSA) is 122 Å². The Bertz CT molecular complexity index is 537. The molecule has 0 spiro atoms. The Morgan fingerprint density at radius 3 is 2.83 bits per heavy atom. The molecule has 0 aromatic heterocycles. The summed E-state index contributed by atoms with van der Waals surface area (Å²) < 4.78 is 4.67. The van der Waals surface area contributed by atoms with Crippen LogP contribution in [0.15, 0.2) is 11.3 Å². The van der Waals surface area contributed by atoms with Crippen molar-refractivity contribution in [2.45, 2.75) is 37.6 Å². The van der Waals surface area contributed by atoms with Gasteiger partial charge in [-0.1, -0.05) is 19.8 Å². The maximum atomic E-state index is 12.3. The van der Waals surface area contributed by atoms with Crippen LogP contribution in [-0.4, -0.2) is 58.3 Å². The lowest BCUT2D eigenvalue weighted by Crippen LogP contribution is -2.70. The number of nitrogens with two attached hydrogens (primary N) is 1. The first-order valence-corrected chi connectivity index (χ1v) is 8.57. The monoisotopic (exact) mass is 343 g/mol. The SMILES string of the molecule is CCCCCN[C@@H]1C(=O)N2C(C(=O)O)=C(COC(N)=O)CS[C@@H]12. The van der Waals surface area contributed by atoms with Crippen molar-refractivity contribution in [3.05, 3.63) is 11.3 Å². The standard InChI is InChI=1S/C14H21N3O5S/c1-2-3-4-5-16-9-11(18)17-10(13(19)20)8(6-22-14(15)21)7-23-12(9)17/h9,12,16H,2-7H2,1H3,(H2,15,21)(H,19,20)/t9-,12+/m1/s1. The van der Waals surface area contributed by atoms with Crippen molar-refractivity contribution in [3.63, 3.8) is 0 Å². The summed E-state index contributed by atoms with van der Waals surface area (Å²) in [6, 6.07) is -0.357. The van der Waals surface area contributed by atoms with Crippen LogP contribution in [0.5, 0.6) is 0 Å². The van der Waals surface area contributed by atoms with Gasteiger partial charge in [-0.25, -0.2) is 9.59 Å². The third-order valence-electron chi connectivity index (χ3n) is 3.78. The fourth-order valence-corrected chi connectivity index (χ4v) is 4.00. The van der Waals surface area contributed by atoms with Gasteiger partial charge in [-0.3, -0.25) is 9.69 Å². The average molecular weight is 343 g/mol. The normalized spacial score (nSPS) is 23.3. The zero-order valence-electron chi connectivity index (χ0n) is 12.9. The fraction of sp³-hybridized carbons (Fsp3) is 0.643. The number of aliphatic carboxylic acids is 1. The molecule has 2 rings (SSSR count). The molecule has 2 aliphatic rings. The molecule has 9 heteroatoms. The number of carboxylic acids is 1. The number of primary amides is 1. The van der Waals surface area contributed by atoms with Crippen LogP contribution >= 0.6 is 11.8 Å². The minimum Gasteiger partial charge on any atom is -0.477 e. The first-order valence-electron chi connectivity index (χ1n) is 7.53. The van der Waals surface area contributed by atoms with E-state index in [1.54, 1.807) is 0 Å². The molecule has 4 N–H and O–H groups in total. The molecule has 23 heavy (non-hydrogen) atoms. The van der Waals surface area contributed by atoms with Crippen LogP contribution in [0.4, 0.5) is 4.79 Å². The first kappa shape index (κ1) is 17.6. The van der Waals surface area contributed by atoms with Crippen molar-refractivity contribution in [1.82, 2.24) is 10.2 Å². The molecule has 2 atom stereocenters. The highest BCUT2D eigenvalue weighted by Gasteiger charge is 2.53. The summed E-state index contributed by atoms with van der Waals surface area (Å²) >= 11 is 1.46. The van der Waals surface area contributed by atoms with Crippen molar-refractivity contribution in [1.29, 1.82) is 0 Å². The van der Waals surface area contributed by atoms with Crippen LogP contribution in [0.1, 0.15) is 26.2 Å². The number of nitrogens with zero attached hydrogens (tertiary/aromatic N) is 1. The number of amides is 2. The van der Waals surface area contributed by atoms with Gasteiger partial charge in [0.1, 0.15) is 23.7 Å². The second-order valence-electron chi connectivity index (χ2n) is 5.41. The number of carboxylic acid groups (broad SMARTS) is 1. The van der Waals surface area contributed by atoms with E-state index in [1.165, 1.54) is 16.7 Å². The number of fused-ring (bicyclic) bond motifs is 1. The number of unbranched alkanes of at least 4 members (excludes halogenated alkanes) is 2. The van der Waals surface area contributed by atoms with E-state index >= 15 is 0 Å². The van der Waals surface area contributed by atoms with Gasteiger partial charge in [-0.05, 0) is 13.0 Å². The van der Waals surface area contributed by atoms with Crippen molar-refractivity contribution in [2.24, 2.45) is 5.73 Å². The van der Waals surface area contributed by atoms with E-state index in [2.05, 4.69) is 17.0 Å². The van der Waals surface area contributed by atoms with E-state index in [1.807, 2.05) is 0 Å². The Morgan fingerprint density at radius 2 is 2.22 bits per heavy atom. The van der Waals surface area contributed by atoms with E-state index in [0.29, 0.717) is 11.3 Å². The quantitative estimate of drug-likeness (QED) is 0.433. The van der Waals surface area contributed by atoms with E-state index in [0.717, 1.165) is 25.8 Å². The molecule has 1 saturated heterocycles. The number of ether oxygens (including phenoxy) is 1. The zero-order chi connectivity index (χ0) is 17.0. The van der Waals surface area contributed by atoms with Gasteiger partial charge >= 0.3 is 12.1 Å². The molecule has 0 aliphatic carbocycles. The van der Waals surface area contributed by atoms with Gasteiger partial charge in [-0.15, -0.1) is 11.8 Å². The van der Waals surface area contributed by atoms with Crippen molar-refractivity contribution < 1.29 is 24.2 Å². The third kappa shape index (κ3) is 3.78. The van der Waals surface area contributed by atoms with Crippen LogP contribution in [-0.2, 0) is 14.3 Å². The summed E-state index contributed by atoms with van der Waals surface area (Å²) in [5.74, 6) is -1.07. The molecular formula is C14H21N3O5S. The Kier molecular flexibility index (Phi) is 5.89. The minimum atomic E-state index is -1.20. The number of carbonyl (C=O) groups is 3. The molecule has 0 saturated carbocycles. The lowest BCUT2D eigenvalue weighted by atomic mass is 10.0. The van der Waals surface area contributed by atoms with Gasteiger partial charge in [0, 0.05) is 11.3 Å². The van der Waals surface area contributed by atoms with Crippen LogP contribution in [0, 0.1) is 0 Å². The van der Waals surface area contributed by atoms with Crippen molar-refractivity contribution in [2.75, 3.05) is 18.9 Å². The summed E-state index contributed by atoms with van der Waals surface area (Å²) in [5, 5.41) is 12.4. The molecular weight excluding hydrogens is 322 g/mol. The molecule has 2 aliphatic heterocycles. The summed E-state index contributed by atoms with van der Waals surface area (Å²) in [5.41, 5.74) is 5.20. The number of nitrogens with one attached hydrogen (secondary N) is 1. The van der Waals surface area contributed by atoms with Crippen molar-refractivity contribution >= 4 is 29.7 Å². The van der Waals surface area contributed by atoms with Gasteiger partial charge in [0.25, 0.3) is 0 Å². The number of thioether (sulfide) groups is 1. The predicted octanol–water partition coefficient (Wildman–Crippen LogP) is 0.484. The molecule has 1 fully saturated rings. The maximum Gasteiger partial charge on any atom is 0.404 e. The Balaban J connectivity index is 2.04. The fourth-order valence-electron chi connectivity index (χ4n) is 2.64. The van der Waals surface area contributed by atoms with E-state index < -0.39 is 12.1 Å². The van der Waals surface area contributed by atoms with Crippen LogP contribution < -0.4 is 11.1 Å². The molecule has 128 valence electrons. The van der Waals surface area contributed by atoms with Crippen LogP contribution in [0.25, 0.3) is 0 Å². The van der Waals surface area contributed by atoms with E-state index in [4.69, 9.17) is 5.73 Å². The summed E-state index contributed by atoms with van der Waals surface area (Å²) in [7, 11) is 0. The van der Waals surface area contributed by atoms with Crippen LogP contribution in [0.3, 0.4) is 0 Å². The summed E-state index contributed by atoms with van der Waals surface area (Å²) in [6.45, 7) is 2.63. The highest BCUT2D eigenvalue weighted by atomic mass is 32.2. The lowest BCUT2D eigenvalue weighted by molar-refractivity contribution is -0.149. The highest BCUT2D eigenvalue weighted by Crippen LogP contribution is 2.40. The molecule has 2 heterocycles. The molecule has 0 bridgehead atoms. The Morgan fingerprint density at radius 1 is 1.48 bits per heavy atom. The van der Waals surface area contributed by atoms with Gasteiger partial charge in [0.15, 0.2) is 0 Å². The van der Waals surface area contributed by atoms with Gasteiger partial charge in [-0.2, -0.15) is 0 Å². The number of hydrogen-bond donors (Lipinski definition) is 3. The molecule has 0 radical (unpaired) electrons. The Hall–Kier alpha value is -1.74. The summed E-state index contributed by atoms with van der Waals surface area (Å²) in [6.07, 6.45) is 2.20. The average Bonchev–Trinajstić information content (AvgIpc) is 2.51. The zero-order valence-corrected chi connectivity index (χ0v) is 13.7. The maximum absolute atomic E-state index is 12.3. The smallest absolute Gasteiger partial charge is 0.404 e. The van der Waals surface area contributed by atoms with E-state index in [-0.39, 0.29) is 29.6 Å². The number of carbonyl (C=O) groups excluding carboxylic acids is 2. The van der Waals surface area contributed by atoms with Gasteiger partial charge in [0.05, 0.1) is 0 Å². The number of β-lactam (4-membered cyclic amide) rings is 1. The van der Waals surface area contributed by atoms with Crippen molar-refractivity contribution in [3.8, 4) is 0 Å². The number of hydrogen-bond acceptors (Lipinski definition) is 6. The third-order valence-corrected chi connectivity index (χ3v) is 5.12. The lowest BCUT2D eigenvalue weighted by Gasteiger charge is -2.49. The minimum absolute atomic E-state index is 0.0911. The Labute approximate surface area is 138 Å². The molecule has 0 unspecified atom stereocenters. The molecule has 2 amide bonds. The molecule has 0 aromatic carbocycles. The molecule has 8 nitrogen and oxygen atoms in total. The number of rotatable bonds is 8. The highest BCUT2D eigenvalue weighted by molar-refractivity contribution is 8.00.